The summed E-state index contributed by atoms with van der Waals surface area (Å²) in [5.74, 6) is 0.723. The molecule has 0 saturated carbocycles. The van der Waals surface area contributed by atoms with Crippen LogP contribution in [0.1, 0.15) is 23.2 Å². The second-order valence-corrected chi connectivity index (χ2v) is 5.20. The molecule has 0 saturated heterocycles. The first-order chi connectivity index (χ1) is 9.67. The average molecular weight is 270 g/mol. The first-order valence-corrected chi connectivity index (χ1v) is 6.82. The zero-order chi connectivity index (χ0) is 14.1. The minimum atomic E-state index is 0.0482. The van der Waals surface area contributed by atoms with Gasteiger partial charge >= 0.3 is 0 Å². The largest absolute Gasteiger partial charge is 0.497 e. The molecule has 2 aromatic rings. The highest BCUT2D eigenvalue weighted by Gasteiger charge is 2.16. The molecular formula is C16H18N2O2. The van der Waals surface area contributed by atoms with Gasteiger partial charge in [-0.2, -0.15) is 0 Å². The maximum atomic E-state index is 12.1. The Bertz CT molecular complexity index is 704. The van der Waals surface area contributed by atoms with Crippen molar-refractivity contribution in [3.8, 4) is 5.75 Å². The van der Waals surface area contributed by atoms with Crippen LogP contribution in [0.3, 0.4) is 0 Å². The van der Waals surface area contributed by atoms with Crippen LogP contribution >= 0.6 is 0 Å². The lowest BCUT2D eigenvalue weighted by Gasteiger charge is -2.13. The van der Waals surface area contributed by atoms with Gasteiger partial charge < -0.3 is 15.0 Å². The Labute approximate surface area is 117 Å². The molecule has 0 bridgehead atoms. The molecule has 4 nitrogen and oxygen atoms in total. The molecule has 3 rings (SSSR count). The van der Waals surface area contributed by atoms with E-state index < -0.39 is 0 Å². The van der Waals surface area contributed by atoms with E-state index in [4.69, 9.17) is 10.5 Å². The summed E-state index contributed by atoms with van der Waals surface area (Å²) in [4.78, 5) is 12.1. The lowest BCUT2D eigenvalue weighted by atomic mass is 10.1. The minimum Gasteiger partial charge on any atom is -0.497 e. The molecule has 2 N–H and O–H groups in total. The molecular weight excluding hydrogens is 252 g/mol. The molecule has 1 aromatic carbocycles. The van der Waals surface area contributed by atoms with E-state index >= 15 is 0 Å². The molecule has 1 aromatic heterocycles. The Hall–Kier alpha value is -2.23. The van der Waals surface area contributed by atoms with Crippen LogP contribution < -0.4 is 16.0 Å². The molecule has 0 aliphatic heterocycles. The zero-order valence-electron chi connectivity index (χ0n) is 11.6. The van der Waals surface area contributed by atoms with Crippen molar-refractivity contribution in [3.05, 3.63) is 57.5 Å². The smallest absolute Gasteiger partial charge is 0.251 e. The molecule has 1 aliphatic rings. The number of aromatic nitrogens is 1. The van der Waals surface area contributed by atoms with Gasteiger partial charge in [-0.05, 0) is 42.5 Å². The summed E-state index contributed by atoms with van der Waals surface area (Å²) in [5, 5.41) is 0. The van der Waals surface area contributed by atoms with E-state index in [9.17, 15) is 4.79 Å². The van der Waals surface area contributed by atoms with E-state index in [1.165, 1.54) is 11.3 Å². The van der Waals surface area contributed by atoms with Gasteiger partial charge in [-0.1, -0.05) is 6.07 Å². The van der Waals surface area contributed by atoms with Gasteiger partial charge in [0, 0.05) is 23.5 Å². The van der Waals surface area contributed by atoms with E-state index in [1.54, 1.807) is 19.2 Å². The molecule has 0 radical (unpaired) electrons. The van der Waals surface area contributed by atoms with Gasteiger partial charge in [0.15, 0.2) is 0 Å². The fraction of sp³-hybridized carbons (Fsp3) is 0.312. The van der Waals surface area contributed by atoms with Gasteiger partial charge in [-0.25, -0.2) is 0 Å². The number of nitrogen functional groups attached to an aromatic ring is 1. The van der Waals surface area contributed by atoms with Crippen molar-refractivity contribution in [2.24, 2.45) is 0 Å². The number of rotatable bonds is 3. The maximum Gasteiger partial charge on any atom is 0.251 e. The lowest BCUT2D eigenvalue weighted by molar-refractivity contribution is 0.414. The second kappa shape index (κ2) is 5.04. The van der Waals surface area contributed by atoms with Crippen LogP contribution in [0.15, 0.2) is 35.1 Å². The first kappa shape index (κ1) is 12.8. The molecule has 0 amide bonds. The quantitative estimate of drug-likeness (QED) is 0.868. The van der Waals surface area contributed by atoms with E-state index in [2.05, 4.69) is 0 Å². The normalized spacial score (nSPS) is 13.2. The number of methoxy groups -OCH3 is 1. The van der Waals surface area contributed by atoms with Crippen LogP contribution in [0.2, 0.25) is 0 Å². The van der Waals surface area contributed by atoms with Crippen LogP contribution in [0, 0.1) is 0 Å². The highest BCUT2D eigenvalue weighted by atomic mass is 16.5. The van der Waals surface area contributed by atoms with Crippen LogP contribution in [0.25, 0.3) is 0 Å². The second-order valence-electron chi connectivity index (χ2n) is 5.20. The van der Waals surface area contributed by atoms with Crippen molar-refractivity contribution >= 4 is 5.69 Å². The Morgan fingerprint density at radius 2 is 2.10 bits per heavy atom. The van der Waals surface area contributed by atoms with Crippen molar-refractivity contribution < 1.29 is 4.74 Å². The number of pyridine rings is 1. The average Bonchev–Trinajstić information content (AvgIpc) is 2.90. The Kier molecular flexibility index (Phi) is 3.22. The Morgan fingerprint density at radius 3 is 2.90 bits per heavy atom. The number of benzene rings is 1. The minimum absolute atomic E-state index is 0.0482. The van der Waals surface area contributed by atoms with E-state index in [1.807, 2.05) is 22.8 Å². The summed E-state index contributed by atoms with van der Waals surface area (Å²) in [6, 6.07) is 9.22. The summed E-state index contributed by atoms with van der Waals surface area (Å²) in [6.07, 6.45) is 3.17. The molecule has 0 atom stereocenters. The summed E-state index contributed by atoms with van der Waals surface area (Å²) < 4.78 is 7.09. The maximum absolute atomic E-state index is 12.1. The number of ether oxygens (including phenoxy) is 1. The van der Waals surface area contributed by atoms with Crippen LogP contribution in [-0.2, 0) is 19.4 Å². The molecule has 20 heavy (non-hydrogen) atoms. The molecule has 0 fully saturated rings. The first-order valence-electron chi connectivity index (χ1n) is 6.82. The summed E-state index contributed by atoms with van der Waals surface area (Å²) in [7, 11) is 1.62. The van der Waals surface area contributed by atoms with Gasteiger partial charge in [0.25, 0.3) is 5.56 Å². The third-order valence-electron chi connectivity index (χ3n) is 3.81. The summed E-state index contributed by atoms with van der Waals surface area (Å²) in [6.45, 7) is 0.545. The van der Waals surface area contributed by atoms with Crippen LogP contribution in [0.4, 0.5) is 5.69 Å². The number of nitrogens with two attached hydrogens (primary N) is 1. The summed E-state index contributed by atoms with van der Waals surface area (Å²) >= 11 is 0. The number of hydrogen-bond donors (Lipinski definition) is 1. The van der Waals surface area contributed by atoms with Gasteiger partial charge in [0.2, 0.25) is 0 Å². The van der Waals surface area contributed by atoms with E-state index in [-0.39, 0.29) is 5.56 Å². The predicted molar refractivity (Wildman–Crippen MR) is 79.2 cm³/mol. The van der Waals surface area contributed by atoms with Gasteiger partial charge in [-0.15, -0.1) is 0 Å². The van der Waals surface area contributed by atoms with Gasteiger partial charge in [0.1, 0.15) is 5.75 Å². The fourth-order valence-corrected chi connectivity index (χ4v) is 2.88. The van der Waals surface area contributed by atoms with E-state index in [0.717, 1.165) is 30.6 Å². The monoisotopic (exact) mass is 270 g/mol. The van der Waals surface area contributed by atoms with E-state index in [0.29, 0.717) is 12.2 Å². The molecule has 0 spiro atoms. The van der Waals surface area contributed by atoms with Crippen molar-refractivity contribution in [2.75, 3.05) is 12.8 Å². The van der Waals surface area contributed by atoms with Crippen LogP contribution in [0.5, 0.6) is 5.75 Å². The predicted octanol–water partition coefficient (Wildman–Crippen LogP) is 1.98. The number of anilines is 1. The number of fused-ring (bicyclic) bond motifs is 1. The molecule has 4 heteroatoms. The van der Waals surface area contributed by atoms with Crippen molar-refractivity contribution in [2.45, 2.75) is 25.8 Å². The number of nitrogens with zero attached hydrogens (tertiary/aromatic N) is 1. The fourth-order valence-electron chi connectivity index (χ4n) is 2.88. The molecule has 1 heterocycles. The third-order valence-corrected chi connectivity index (χ3v) is 3.81. The number of aryl methyl sites for hydroxylation is 1. The number of hydrogen-bond acceptors (Lipinski definition) is 3. The third kappa shape index (κ3) is 2.29. The highest BCUT2D eigenvalue weighted by Crippen LogP contribution is 2.23. The topological polar surface area (TPSA) is 57.2 Å². The van der Waals surface area contributed by atoms with Crippen molar-refractivity contribution in [1.82, 2.24) is 4.57 Å². The molecule has 1 aliphatic carbocycles. The Balaban J connectivity index is 2.02. The summed E-state index contributed by atoms with van der Waals surface area (Å²) in [5.41, 5.74) is 10.0. The van der Waals surface area contributed by atoms with Gasteiger partial charge in [0.05, 0.1) is 13.7 Å². The van der Waals surface area contributed by atoms with Crippen molar-refractivity contribution in [1.29, 1.82) is 0 Å². The Morgan fingerprint density at radius 1 is 1.25 bits per heavy atom. The highest BCUT2D eigenvalue weighted by molar-refractivity contribution is 5.47. The zero-order valence-corrected chi connectivity index (χ0v) is 11.6. The van der Waals surface area contributed by atoms with Crippen molar-refractivity contribution in [3.63, 3.8) is 0 Å². The molecule has 104 valence electrons. The van der Waals surface area contributed by atoms with Crippen LogP contribution in [-0.4, -0.2) is 11.7 Å². The van der Waals surface area contributed by atoms with Gasteiger partial charge in [-0.3, -0.25) is 4.79 Å². The SMILES string of the molecule is COc1cc(N)cc(Cn2c3c(ccc2=O)CCC3)c1. The standard InChI is InChI=1S/C16H18N2O2/c1-20-14-8-11(7-13(17)9-14)10-18-15-4-2-3-12(15)5-6-16(18)19/h5-9H,2-4,10,17H2,1H3. The molecule has 0 unspecified atom stereocenters. The lowest BCUT2D eigenvalue weighted by Crippen LogP contribution is -2.23.